The number of nitrogens with zero attached hydrogens (tertiary/aromatic N) is 2. The highest BCUT2D eigenvalue weighted by Gasteiger charge is 2.39. The van der Waals surface area contributed by atoms with Crippen molar-refractivity contribution in [2.75, 3.05) is 47.0 Å². The number of hydrogen-bond acceptors (Lipinski definition) is 8. The number of rotatable bonds is 10. The molecule has 0 spiro atoms. The summed E-state index contributed by atoms with van der Waals surface area (Å²) >= 11 is 0. The Hall–Kier alpha value is -2.95. The molecule has 0 unspecified atom stereocenters. The van der Waals surface area contributed by atoms with Crippen LogP contribution >= 0.6 is 0 Å². The Balaban J connectivity index is 1.89. The molecule has 1 aliphatic rings. The third kappa shape index (κ3) is 8.51. The summed E-state index contributed by atoms with van der Waals surface area (Å²) < 4.78 is 84.3. The van der Waals surface area contributed by atoms with E-state index in [0.717, 1.165) is 18.2 Å². The molecule has 2 heterocycles. The maximum atomic E-state index is 15.4. The van der Waals surface area contributed by atoms with Gasteiger partial charge >= 0.3 is 6.18 Å². The monoisotopic (exact) mass is 594 g/mol. The topological polar surface area (TPSA) is 141 Å². The summed E-state index contributed by atoms with van der Waals surface area (Å²) in [5, 5.41) is 20.5. The molecule has 1 amide bonds. The molecule has 10 nitrogen and oxygen atoms in total. The molecule has 0 radical (unpaired) electrons. The number of aliphatic hydroxyl groups is 2. The van der Waals surface area contributed by atoms with Gasteiger partial charge in [0.05, 0.1) is 37.4 Å². The quantitative estimate of drug-likeness (QED) is 0.243. The summed E-state index contributed by atoms with van der Waals surface area (Å²) in [4.78, 5) is 18.9. The second kappa shape index (κ2) is 12.1. The second-order valence-electron chi connectivity index (χ2n) is 9.83. The molecule has 216 valence electrons. The number of alkyl halides is 3. The fourth-order valence-corrected chi connectivity index (χ4v) is 6.65. The number of ether oxygens (including phenoxy) is 1. The first-order valence-corrected chi connectivity index (χ1v) is 17.0. The van der Waals surface area contributed by atoms with Gasteiger partial charge in [0.2, 0.25) is 15.9 Å². The molecule has 1 fully saturated rings. The highest BCUT2D eigenvalue weighted by Crippen LogP contribution is 2.33. The number of sulfonamides is 1. The van der Waals surface area contributed by atoms with E-state index in [0.29, 0.717) is 13.1 Å². The van der Waals surface area contributed by atoms with Crippen LogP contribution in [-0.2, 0) is 10.0 Å². The van der Waals surface area contributed by atoms with E-state index in [1.165, 1.54) is 24.3 Å². The molecule has 16 heteroatoms. The van der Waals surface area contributed by atoms with Gasteiger partial charge in [-0.3, -0.25) is 9.52 Å². The normalized spacial score (nSPS) is 16.5. The van der Waals surface area contributed by atoms with Crippen LogP contribution in [-0.4, -0.2) is 81.9 Å². The summed E-state index contributed by atoms with van der Waals surface area (Å²) in [5.74, 6) is -3.00. The Morgan fingerprint density at radius 3 is 2.51 bits per heavy atom. The van der Waals surface area contributed by atoms with Gasteiger partial charge in [-0.05, 0) is 30.3 Å². The molecule has 0 bridgehead atoms. The Bertz CT molecular complexity index is 1290. The predicted molar refractivity (Wildman–Crippen MR) is 140 cm³/mol. The van der Waals surface area contributed by atoms with Crippen LogP contribution in [0.25, 0.3) is 0 Å². The van der Waals surface area contributed by atoms with Crippen molar-refractivity contribution in [1.29, 1.82) is 0 Å². The highest BCUT2D eigenvalue weighted by atomic mass is 32.2. The lowest BCUT2D eigenvalue weighted by Gasteiger charge is -2.38. The van der Waals surface area contributed by atoms with Crippen molar-refractivity contribution in [2.45, 2.75) is 37.5 Å². The lowest BCUT2D eigenvalue weighted by Crippen LogP contribution is -2.43. The largest absolute Gasteiger partial charge is 0.474 e. The van der Waals surface area contributed by atoms with Crippen molar-refractivity contribution in [3.8, 4) is 5.88 Å². The number of halogens is 4. The van der Waals surface area contributed by atoms with Crippen molar-refractivity contribution in [3.63, 3.8) is 0 Å². The zero-order chi connectivity index (χ0) is 29.0. The van der Waals surface area contributed by atoms with Gasteiger partial charge in [0.15, 0.2) is 6.10 Å². The molecule has 0 saturated carbocycles. The molecule has 1 aromatic heterocycles. The number of hydrogen-bond donors (Lipinski definition) is 4. The Kier molecular flexibility index (Phi) is 9.46. The van der Waals surface area contributed by atoms with E-state index in [1.54, 1.807) is 4.90 Å². The molecular weight excluding hydrogens is 564 g/mol. The lowest BCUT2D eigenvalue weighted by molar-refractivity contribution is -0.210. The number of carbonyl (C=O) groups is 1. The maximum Gasteiger partial charge on any atom is 0.417 e. The molecule has 1 aliphatic heterocycles. The van der Waals surface area contributed by atoms with Gasteiger partial charge < -0.3 is 25.2 Å². The molecule has 4 N–H and O–H groups in total. The minimum atomic E-state index is -4.88. The van der Waals surface area contributed by atoms with Crippen LogP contribution in [0.1, 0.15) is 10.4 Å². The molecule has 0 aliphatic carbocycles. The van der Waals surface area contributed by atoms with Gasteiger partial charge in [-0.15, -0.1) is 0 Å². The number of nitrogens with one attached hydrogen (secondary N) is 2. The first-order valence-electron chi connectivity index (χ1n) is 12.0. The van der Waals surface area contributed by atoms with Gasteiger partial charge in [-0.1, -0.05) is 19.2 Å². The van der Waals surface area contributed by atoms with Crippen LogP contribution in [0.3, 0.4) is 0 Å². The van der Waals surface area contributed by atoms with E-state index >= 15 is 4.39 Å². The Morgan fingerprint density at radius 1 is 1.23 bits per heavy atom. The number of aromatic nitrogens is 1. The zero-order valence-corrected chi connectivity index (χ0v) is 23.1. The molecule has 2 aromatic rings. The zero-order valence-electron chi connectivity index (χ0n) is 21.3. The van der Waals surface area contributed by atoms with Gasteiger partial charge in [0, 0.05) is 19.2 Å². The SMILES string of the molecule is C[Si]1(C)CCN(c2cc(NS(=O)(=O)CCO)cc(F)c2C(=O)Nc2cccc(OC[C@H](O)C(F)(F)F)n2)CC1. The standard InChI is InChI=1S/C23H30F4N4O6SSi/c1-39(2)10-6-31(7-11-39)17-13-15(30-38(35,36)9-8-32)12-16(24)21(17)22(34)29-19-4-3-5-20(28-19)37-14-18(33)23(25,26)27/h3-5,12-13,18,30,32-33H,6-11,14H2,1-2H3,(H,28,29,34)/t18-/m0/s1. The molecule has 1 aromatic carbocycles. The number of benzene rings is 1. The number of carbonyl (C=O) groups excluding carboxylic acids is 1. The molecule has 1 saturated heterocycles. The van der Waals surface area contributed by atoms with E-state index in [9.17, 15) is 26.4 Å². The second-order valence-corrected chi connectivity index (χ2v) is 17.0. The molecule has 3 rings (SSSR count). The lowest BCUT2D eigenvalue weighted by atomic mass is 10.1. The van der Waals surface area contributed by atoms with E-state index < -0.39 is 61.1 Å². The van der Waals surface area contributed by atoms with Crippen molar-refractivity contribution in [3.05, 3.63) is 41.7 Å². The van der Waals surface area contributed by atoms with Gasteiger partial charge in [0.1, 0.15) is 18.2 Å². The highest BCUT2D eigenvalue weighted by molar-refractivity contribution is 7.92. The van der Waals surface area contributed by atoms with Crippen LogP contribution in [0, 0.1) is 5.82 Å². The summed E-state index contributed by atoms with van der Waals surface area (Å²) in [5.41, 5.74) is -0.340. The fourth-order valence-electron chi connectivity index (χ4n) is 3.83. The van der Waals surface area contributed by atoms with Gasteiger partial charge in [0.25, 0.3) is 5.91 Å². The van der Waals surface area contributed by atoms with Crippen molar-refractivity contribution in [1.82, 2.24) is 4.98 Å². The van der Waals surface area contributed by atoms with E-state index in [1.807, 2.05) is 0 Å². The average molecular weight is 595 g/mol. The van der Waals surface area contributed by atoms with Crippen LogP contribution in [0.2, 0.25) is 25.2 Å². The number of amides is 1. The van der Waals surface area contributed by atoms with E-state index in [-0.39, 0.29) is 28.6 Å². The average Bonchev–Trinajstić information content (AvgIpc) is 2.81. The van der Waals surface area contributed by atoms with Crippen LogP contribution in [0.15, 0.2) is 30.3 Å². The molecule has 1 atom stereocenters. The number of anilines is 3. The van der Waals surface area contributed by atoms with Gasteiger partial charge in [-0.2, -0.15) is 18.2 Å². The van der Waals surface area contributed by atoms with Crippen LogP contribution < -0.4 is 19.7 Å². The number of pyridine rings is 1. The minimum Gasteiger partial charge on any atom is -0.474 e. The summed E-state index contributed by atoms with van der Waals surface area (Å²) in [6.45, 7) is 3.72. The third-order valence-corrected chi connectivity index (χ3v) is 10.5. The van der Waals surface area contributed by atoms with Crippen molar-refractivity contribution in [2.24, 2.45) is 0 Å². The van der Waals surface area contributed by atoms with Gasteiger partial charge in [-0.25, -0.2) is 12.8 Å². The molecular formula is C23H30F4N4O6SSi. The minimum absolute atomic E-state index is 0.119. The van der Waals surface area contributed by atoms with Crippen LogP contribution in [0.5, 0.6) is 5.88 Å². The maximum absolute atomic E-state index is 15.4. The smallest absolute Gasteiger partial charge is 0.417 e. The van der Waals surface area contributed by atoms with E-state index in [4.69, 9.17) is 14.9 Å². The van der Waals surface area contributed by atoms with E-state index in [2.05, 4.69) is 28.1 Å². The fraction of sp³-hybridized carbons (Fsp3) is 0.478. The summed E-state index contributed by atoms with van der Waals surface area (Å²) in [6, 6.07) is 7.79. The Morgan fingerprint density at radius 2 is 1.90 bits per heavy atom. The number of aliphatic hydroxyl groups excluding tert-OH is 2. The Labute approximate surface area is 224 Å². The summed E-state index contributed by atoms with van der Waals surface area (Å²) in [7, 11) is -5.43. The first-order chi connectivity index (χ1) is 18.1. The summed E-state index contributed by atoms with van der Waals surface area (Å²) in [6.07, 6.45) is -7.62. The van der Waals surface area contributed by atoms with Crippen molar-refractivity contribution < 1.29 is 45.7 Å². The van der Waals surface area contributed by atoms with Crippen molar-refractivity contribution >= 4 is 41.2 Å². The van der Waals surface area contributed by atoms with Crippen LogP contribution in [0.4, 0.5) is 34.8 Å². The first kappa shape index (κ1) is 30.6. The third-order valence-electron chi connectivity index (χ3n) is 6.12. The predicted octanol–water partition coefficient (Wildman–Crippen LogP) is 3.04. The molecule has 39 heavy (non-hydrogen) atoms.